The van der Waals surface area contributed by atoms with Gasteiger partial charge in [-0.2, -0.15) is 0 Å². The van der Waals surface area contributed by atoms with E-state index in [9.17, 15) is 19.8 Å². The molecule has 3 heterocycles. The van der Waals surface area contributed by atoms with E-state index in [4.69, 9.17) is 18.0 Å². The van der Waals surface area contributed by atoms with Crippen LogP contribution in [0.5, 0.6) is 0 Å². The van der Waals surface area contributed by atoms with Crippen molar-refractivity contribution in [3.63, 3.8) is 0 Å². The van der Waals surface area contributed by atoms with E-state index in [1.165, 1.54) is 0 Å². The highest BCUT2D eigenvalue weighted by atomic mass is 28.4. The first-order chi connectivity index (χ1) is 20.2. The quantitative estimate of drug-likeness (QED) is 0.127. The van der Waals surface area contributed by atoms with Crippen molar-refractivity contribution in [2.24, 2.45) is 5.92 Å². The molecule has 0 spiro atoms. The molecule has 13 heteroatoms. The first kappa shape index (κ1) is 40.3. The Hall–Kier alpha value is -0.136. The molecule has 8 nitrogen and oxygen atoms in total. The lowest BCUT2D eigenvalue weighted by Crippen LogP contribution is -2.64. The molecule has 3 fully saturated rings. The molecular formula is C33H68O8Si5. The standard InChI is InChI=1S/C33H68O8Si5/c1-28(2,33-23-46(33,24-33)41-31(7,8)43(13,14)15)39-45(20-18-19-25(27(36)37)21-26(34)35)22-32(45,9)38-29(3,4)44(16,17)40-30(5,6)42(10,11)12/h25H,18-24H2,1-17H3,(H,34,35)(H,36,37). The van der Waals surface area contributed by atoms with E-state index in [-0.39, 0.29) is 27.5 Å². The van der Waals surface area contributed by atoms with Crippen LogP contribution < -0.4 is 0 Å². The van der Waals surface area contributed by atoms with Gasteiger partial charge in [-0.3, -0.25) is 9.59 Å². The molecule has 3 rings (SSSR count). The second-order valence-electron chi connectivity index (χ2n) is 19.8. The summed E-state index contributed by atoms with van der Waals surface area (Å²) in [6.45, 7) is 38.9. The smallest absolute Gasteiger partial charge is 0.307 e. The van der Waals surface area contributed by atoms with Crippen LogP contribution in [-0.4, -0.2) is 89.7 Å². The van der Waals surface area contributed by atoms with Crippen molar-refractivity contribution < 1.29 is 37.8 Å². The maximum Gasteiger partial charge on any atom is 0.307 e. The van der Waals surface area contributed by atoms with Gasteiger partial charge in [0.15, 0.2) is 0 Å². The molecule has 0 aromatic carbocycles. The fraction of sp³-hybridized carbons (Fsp3) is 0.939. The lowest BCUT2D eigenvalue weighted by molar-refractivity contribution is -0.148. The van der Waals surface area contributed by atoms with Crippen molar-refractivity contribution in [2.45, 2.75) is 190 Å². The molecule has 46 heavy (non-hydrogen) atoms. The SMILES string of the molecule is CC(C)(O[Si]1(CCCC(CC(=O)O)C(=O)O)CC1(C)OC(C)(C)[Si](C)(C)OC(C)(C)[Si](C)(C)C)C12C[Si]1(OC(C)(C)[Si](C)(C)C)C2. The Kier molecular flexibility index (Phi) is 10.3. The van der Waals surface area contributed by atoms with E-state index >= 15 is 0 Å². The van der Waals surface area contributed by atoms with E-state index in [1.807, 2.05) is 0 Å². The van der Waals surface area contributed by atoms with E-state index in [0.717, 1.165) is 24.2 Å². The van der Waals surface area contributed by atoms with Gasteiger partial charge in [0.1, 0.15) is 0 Å². The van der Waals surface area contributed by atoms with Gasteiger partial charge in [0, 0.05) is 15.5 Å². The number of carboxylic acid groups (broad SMARTS) is 2. The van der Waals surface area contributed by atoms with Crippen molar-refractivity contribution in [2.75, 3.05) is 0 Å². The highest BCUT2D eigenvalue weighted by Crippen LogP contribution is 2.91. The van der Waals surface area contributed by atoms with Gasteiger partial charge in [-0.1, -0.05) is 45.7 Å². The number of ether oxygens (including phenoxy) is 1. The molecule has 3 saturated heterocycles. The zero-order valence-corrected chi connectivity index (χ0v) is 37.4. The molecule has 0 aliphatic carbocycles. The van der Waals surface area contributed by atoms with E-state index in [1.54, 1.807) is 0 Å². The highest BCUT2D eigenvalue weighted by molar-refractivity contribution is 7.01. The predicted octanol–water partition coefficient (Wildman–Crippen LogP) is 8.59. The molecular weight excluding hydrogens is 665 g/mol. The Morgan fingerprint density at radius 1 is 0.783 bits per heavy atom. The summed E-state index contributed by atoms with van der Waals surface area (Å²) in [6.07, 6.45) is 0.577. The summed E-state index contributed by atoms with van der Waals surface area (Å²) < 4.78 is 28.9. The summed E-state index contributed by atoms with van der Waals surface area (Å²) in [5.74, 6) is -3.01. The van der Waals surface area contributed by atoms with Gasteiger partial charge in [-0.05, 0) is 106 Å². The fourth-order valence-corrected chi connectivity index (χ4v) is 24.5. The Labute approximate surface area is 285 Å². The summed E-state index contributed by atoms with van der Waals surface area (Å²) in [4.78, 5) is 23.3. The molecule has 0 radical (unpaired) electrons. The third-order valence-corrected chi connectivity index (χ3v) is 35.3. The van der Waals surface area contributed by atoms with Crippen LogP contribution in [-0.2, 0) is 27.6 Å². The molecule has 3 unspecified atom stereocenters. The van der Waals surface area contributed by atoms with Crippen LogP contribution in [0.1, 0.15) is 81.6 Å². The molecule has 3 aliphatic heterocycles. The Morgan fingerprint density at radius 2 is 1.28 bits per heavy atom. The van der Waals surface area contributed by atoms with Crippen LogP contribution >= 0.6 is 0 Å². The zero-order valence-electron chi connectivity index (χ0n) is 32.4. The normalized spacial score (nSPS) is 30.9. The van der Waals surface area contributed by atoms with Gasteiger partial charge < -0.3 is 28.2 Å². The number of fused-ring (bicyclic) bond motifs is 1. The van der Waals surface area contributed by atoms with Gasteiger partial charge in [-0.15, -0.1) is 0 Å². The topological polar surface area (TPSA) is 112 Å². The Balaban J connectivity index is 1.87. The van der Waals surface area contributed by atoms with Crippen molar-refractivity contribution >= 4 is 53.0 Å². The summed E-state index contributed by atoms with van der Waals surface area (Å²) in [7, 11) is -9.96. The second-order valence-corrected chi connectivity index (χ2v) is 43.6. The first-order valence-corrected chi connectivity index (χ1v) is 32.0. The Morgan fingerprint density at radius 3 is 1.72 bits per heavy atom. The lowest BCUT2D eigenvalue weighted by Gasteiger charge is -2.49. The second kappa shape index (κ2) is 11.7. The van der Waals surface area contributed by atoms with Crippen molar-refractivity contribution in [3.8, 4) is 0 Å². The van der Waals surface area contributed by atoms with Crippen LogP contribution in [0.3, 0.4) is 0 Å². The molecule has 3 aliphatic rings. The van der Waals surface area contributed by atoms with Crippen molar-refractivity contribution in [1.82, 2.24) is 0 Å². The van der Waals surface area contributed by atoms with E-state index < -0.39 is 69.4 Å². The van der Waals surface area contributed by atoms with Crippen LogP contribution in [0.25, 0.3) is 0 Å². The average molecular weight is 733 g/mol. The minimum absolute atomic E-state index is 0.0835. The maximum atomic E-state index is 11.9. The zero-order chi connectivity index (χ0) is 36.0. The lowest BCUT2D eigenvalue weighted by atomic mass is 9.95. The molecule has 268 valence electrons. The third kappa shape index (κ3) is 7.33. The Bertz CT molecular complexity index is 1200. The van der Waals surface area contributed by atoms with Gasteiger partial charge in [-0.25, -0.2) is 0 Å². The van der Waals surface area contributed by atoms with Gasteiger partial charge in [0.25, 0.3) is 0 Å². The van der Waals surface area contributed by atoms with Crippen LogP contribution in [0.15, 0.2) is 0 Å². The largest absolute Gasteiger partial charge is 0.481 e. The predicted molar refractivity (Wildman–Crippen MR) is 199 cm³/mol. The molecule has 0 aromatic rings. The number of carboxylic acids is 2. The third-order valence-electron chi connectivity index (χ3n) is 13.3. The fourth-order valence-electron chi connectivity index (χ4n) is 7.14. The maximum absolute atomic E-state index is 11.9. The van der Waals surface area contributed by atoms with Crippen molar-refractivity contribution in [1.29, 1.82) is 0 Å². The summed E-state index contributed by atoms with van der Waals surface area (Å²) in [5, 5.41) is 18.0. The monoisotopic (exact) mass is 732 g/mol. The van der Waals surface area contributed by atoms with Gasteiger partial charge in [0.2, 0.25) is 25.0 Å². The number of hydrogen-bond acceptors (Lipinski definition) is 6. The molecule has 2 N–H and O–H groups in total. The van der Waals surface area contributed by atoms with Crippen molar-refractivity contribution in [3.05, 3.63) is 0 Å². The first-order valence-electron chi connectivity index (χ1n) is 17.4. The molecule has 0 amide bonds. The molecule has 3 atom stereocenters. The van der Waals surface area contributed by atoms with E-state index in [0.29, 0.717) is 12.8 Å². The molecule has 0 bridgehead atoms. The summed E-state index contributed by atoms with van der Waals surface area (Å²) >= 11 is 0. The number of rotatable bonds is 19. The minimum Gasteiger partial charge on any atom is -0.481 e. The number of carbonyl (C=O) groups is 2. The van der Waals surface area contributed by atoms with Crippen LogP contribution in [0, 0.1) is 5.92 Å². The molecule has 0 aromatic heterocycles. The molecule has 0 saturated carbocycles. The van der Waals surface area contributed by atoms with Gasteiger partial charge in [0.05, 0.1) is 44.5 Å². The average Bonchev–Trinajstić information content (AvgIpc) is 3.68. The summed E-state index contributed by atoms with van der Waals surface area (Å²) in [6, 6.07) is 3.89. The number of aliphatic carboxylic acids is 2. The van der Waals surface area contributed by atoms with Crippen LogP contribution in [0.4, 0.5) is 0 Å². The highest BCUT2D eigenvalue weighted by Gasteiger charge is 2.94. The number of hydrogen-bond donors (Lipinski definition) is 2. The minimum atomic E-state index is -2.55. The van der Waals surface area contributed by atoms with Crippen LogP contribution in [0.2, 0.25) is 81.6 Å². The van der Waals surface area contributed by atoms with Gasteiger partial charge >= 0.3 is 11.9 Å². The summed E-state index contributed by atoms with van der Waals surface area (Å²) in [5.41, 5.74) is -0.358. The van der Waals surface area contributed by atoms with E-state index in [2.05, 4.69) is 115 Å².